The normalized spacial score (nSPS) is 17.1. The molecule has 0 radical (unpaired) electrons. The van der Waals surface area contributed by atoms with Gasteiger partial charge in [-0.1, -0.05) is 23.2 Å². The molecular formula is C19H16Cl2N2O3S. The molecule has 2 aromatic rings. The molecule has 1 fully saturated rings. The number of ether oxygens (including phenoxy) is 2. The molecule has 3 rings (SSSR count). The Morgan fingerprint density at radius 1 is 1.07 bits per heavy atom. The minimum Gasteiger partial charge on any atom is -0.493 e. The largest absolute Gasteiger partial charge is 0.493 e. The van der Waals surface area contributed by atoms with E-state index < -0.39 is 0 Å². The molecule has 0 aliphatic carbocycles. The number of carbonyl (C=O) groups excluding carboxylic acids is 1. The molecule has 8 heteroatoms. The van der Waals surface area contributed by atoms with Crippen molar-refractivity contribution in [3.8, 4) is 11.5 Å². The summed E-state index contributed by atoms with van der Waals surface area (Å²) in [7, 11) is 4.75. The van der Waals surface area contributed by atoms with E-state index in [2.05, 4.69) is 4.99 Å². The third kappa shape index (κ3) is 4.24. The molecule has 140 valence electrons. The Bertz CT molecular complexity index is 943. The zero-order valence-corrected chi connectivity index (χ0v) is 17.2. The Hall–Kier alpha value is -2.15. The molecule has 0 aromatic heterocycles. The van der Waals surface area contributed by atoms with Gasteiger partial charge in [0.15, 0.2) is 16.7 Å². The number of amides is 1. The number of nitrogens with zero attached hydrogens (tertiary/aromatic N) is 2. The Morgan fingerprint density at radius 2 is 1.78 bits per heavy atom. The van der Waals surface area contributed by atoms with Gasteiger partial charge in [0.25, 0.3) is 5.91 Å². The average Bonchev–Trinajstić information content (AvgIpc) is 2.91. The lowest BCUT2D eigenvalue weighted by molar-refractivity contribution is -0.121. The van der Waals surface area contributed by atoms with Gasteiger partial charge in [-0.05, 0) is 48.2 Å². The minimum atomic E-state index is -0.159. The molecule has 27 heavy (non-hydrogen) atoms. The first-order valence-corrected chi connectivity index (χ1v) is 9.43. The molecule has 1 aliphatic heterocycles. The lowest BCUT2D eigenvalue weighted by Crippen LogP contribution is -2.23. The monoisotopic (exact) mass is 422 g/mol. The summed E-state index contributed by atoms with van der Waals surface area (Å²) >= 11 is 13.3. The van der Waals surface area contributed by atoms with Crippen molar-refractivity contribution < 1.29 is 14.3 Å². The maximum atomic E-state index is 12.6. The smallest absolute Gasteiger partial charge is 0.266 e. The van der Waals surface area contributed by atoms with Crippen LogP contribution in [0.5, 0.6) is 11.5 Å². The van der Waals surface area contributed by atoms with E-state index in [0.717, 1.165) is 0 Å². The predicted octanol–water partition coefficient (Wildman–Crippen LogP) is 5.24. The van der Waals surface area contributed by atoms with Gasteiger partial charge in [0.2, 0.25) is 0 Å². The summed E-state index contributed by atoms with van der Waals surface area (Å²) in [5.74, 6) is 0.845. The topological polar surface area (TPSA) is 51.1 Å². The number of amidine groups is 1. The standard InChI is InChI=1S/C19H16Cl2N2O3S/c1-23-18(24)16(27-19(23)22-14-6-4-12(20)5-7-14)9-11-8-13(21)10-15(25-2)17(11)26-3/h4-10H,1-3H3. The fourth-order valence-corrected chi connectivity index (χ4v) is 3.81. The maximum absolute atomic E-state index is 12.6. The van der Waals surface area contributed by atoms with Crippen molar-refractivity contribution in [1.82, 2.24) is 4.90 Å². The molecule has 1 saturated heterocycles. The van der Waals surface area contributed by atoms with Crippen LogP contribution in [0.4, 0.5) is 5.69 Å². The second kappa shape index (κ2) is 8.25. The van der Waals surface area contributed by atoms with Crippen molar-refractivity contribution in [2.45, 2.75) is 0 Å². The SMILES string of the molecule is COc1cc(Cl)cc(C=C2SC(=Nc3ccc(Cl)cc3)N(C)C2=O)c1OC. The molecule has 5 nitrogen and oxygen atoms in total. The molecule has 0 N–H and O–H groups in total. The third-order valence-corrected chi connectivity index (χ3v) is 5.34. The predicted molar refractivity (Wildman–Crippen MR) is 111 cm³/mol. The Morgan fingerprint density at radius 3 is 2.41 bits per heavy atom. The Labute approximate surface area is 171 Å². The van der Waals surface area contributed by atoms with Crippen molar-refractivity contribution in [1.29, 1.82) is 0 Å². The van der Waals surface area contributed by atoms with Gasteiger partial charge >= 0.3 is 0 Å². The first kappa shape index (κ1) is 19.6. The van der Waals surface area contributed by atoms with Gasteiger partial charge in [-0.3, -0.25) is 9.69 Å². The Kier molecular flexibility index (Phi) is 5.99. The molecule has 0 spiro atoms. The summed E-state index contributed by atoms with van der Waals surface area (Å²) in [6.45, 7) is 0. The summed E-state index contributed by atoms with van der Waals surface area (Å²) in [6.07, 6.45) is 1.72. The number of benzene rings is 2. The van der Waals surface area contributed by atoms with Crippen LogP contribution < -0.4 is 9.47 Å². The number of methoxy groups -OCH3 is 2. The number of rotatable bonds is 4. The van der Waals surface area contributed by atoms with Crippen LogP contribution in [-0.4, -0.2) is 37.2 Å². The van der Waals surface area contributed by atoms with E-state index in [1.54, 1.807) is 49.5 Å². The third-order valence-electron chi connectivity index (χ3n) is 3.81. The van der Waals surface area contributed by atoms with Gasteiger partial charge in [-0.25, -0.2) is 4.99 Å². The fraction of sp³-hybridized carbons (Fsp3) is 0.158. The second-order valence-corrected chi connectivity index (χ2v) is 7.46. The highest BCUT2D eigenvalue weighted by atomic mass is 35.5. The molecule has 0 bridgehead atoms. The van der Waals surface area contributed by atoms with Crippen molar-refractivity contribution in [3.63, 3.8) is 0 Å². The molecule has 2 aromatic carbocycles. The lowest BCUT2D eigenvalue weighted by atomic mass is 10.1. The number of thioether (sulfide) groups is 1. The molecule has 1 heterocycles. The van der Waals surface area contributed by atoms with Crippen LogP contribution in [0.15, 0.2) is 46.3 Å². The number of carbonyl (C=O) groups is 1. The fourth-order valence-electron chi connectivity index (χ4n) is 2.49. The summed E-state index contributed by atoms with van der Waals surface area (Å²) in [5, 5.41) is 1.69. The van der Waals surface area contributed by atoms with Crippen molar-refractivity contribution in [2.75, 3.05) is 21.3 Å². The highest BCUT2D eigenvalue weighted by Crippen LogP contribution is 2.39. The number of hydrogen-bond acceptors (Lipinski definition) is 5. The van der Waals surface area contributed by atoms with E-state index in [-0.39, 0.29) is 5.91 Å². The van der Waals surface area contributed by atoms with E-state index in [9.17, 15) is 4.79 Å². The summed E-state index contributed by atoms with van der Waals surface area (Å²) in [4.78, 5) is 19.2. The molecule has 0 atom stereocenters. The van der Waals surface area contributed by atoms with Gasteiger partial charge in [0.05, 0.1) is 24.8 Å². The number of aliphatic imine (C=N–C) groups is 1. The van der Waals surface area contributed by atoms with Crippen molar-refractivity contribution >= 4 is 57.8 Å². The number of hydrogen-bond donors (Lipinski definition) is 0. The minimum absolute atomic E-state index is 0.159. The summed E-state index contributed by atoms with van der Waals surface area (Å²) in [5.41, 5.74) is 1.36. The highest BCUT2D eigenvalue weighted by Gasteiger charge is 2.31. The van der Waals surface area contributed by atoms with Crippen LogP contribution in [0.1, 0.15) is 5.56 Å². The van der Waals surface area contributed by atoms with Crippen LogP contribution in [0.3, 0.4) is 0 Å². The van der Waals surface area contributed by atoms with Crippen LogP contribution in [0.25, 0.3) is 6.08 Å². The average molecular weight is 423 g/mol. The van der Waals surface area contributed by atoms with Crippen molar-refractivity contribution in [3.05, 3.63) is 56.9 Å². The van der Waals surface area contributed by atoms with Gasteiger partial charge < -0.3 is 9.47 Å². The van der Waals surface area contributed by atoms with Crippen LogP contribution >= 0.6 is 35.0 Å². The molecule has 0 unspecified atom stereocenters. The Balaban J connectivity index is 1.98. The van der Waals surface area contributed by atoms with Gasteiger partial charge in [0, 0.05) is 28.7 Å². The van der Waals surface area contributed by atoms with E-state index in [4.69, 9.17) is 32.7 Å². The van der Waals surface area contributed by atoms with E-state index in [1.165, 1.54) is 30.9 Å². The second-order valence-electron chi connectivity index (χ2n) is 5.58. The molecule has 1 aliphatic rings. The zero-order chi connectivity index (χ0) is 19.6. The zero-order valence-electron chi connectivity index (χ0n) is 14.8. The van der Waals surface area contributed by atoms with Crippen LogP contribution in [-0.2, 0) is 4.79 Å². The van der Waals surface area contributed by atoms with Gasteiger partial charge in [-0.2, -0.15) is 0 Å². The number of halogens is 2. The van der Waals surface area contributed by atoms with Gasteiger partial charge in [-0.15, -0.1) is 0 Å². The maximum Gasteiger partial charge on any atom is 0.266 e. The number of likely N-dealkylation sites (N-methyl/N-ethyl adjacent to an activating group) is 1. The van der Waals surface area contributed by atoms with Gasteiger partial charge in [0.1, 0.15) is 0 Å². The quantitative estimate of drug-likeness (QED) is 0.631. The molecular weight excluding hydrogens is 407 g/mol. The summed E-state index contributed by atoms with van der Waals surface area (Å²) in [6, 6.07) is 10.5. The highest BCUT2D eigenvalue weighted by molar-refractivity contribution is 8.18. The van der Waals surface area contributed by atoms with E-state index in [1.807, 2.05) is 0 Å². The van der Waals surface area contributed by atoms with E-state index in [0.29, 0.717) is 42.9 Å². The molecule has 0 saturated carbocycles. The first-order chi connectivity index (χ1) is 12.9. The molecule has 1 amide bonds. The van der Waals surface area contributed by atoms with Crippen molar-refractivity contribution in [2.24, 2.45) is 4.99 Å². The first-order valence-electron chi connectivity index (χ1n) is 7.86. The summed E-state index contributed by atoms with van der Waals surface area (Å²) < 4.78 is 10.7. The lowest BCUT2D eigenvalue weighted by Gasteiger charge is -2.11. The van der Waals surface area contributed by atoms with Crippen LogP contribution in [0, 0.1) is 0 Å². The van der Waals surface area contributed by atoms with Crippen LogP contribution in [0.2, 0.25) is 10.0 Å². The van der Waals surface area contributed by atoms with E-state index >= 15 is 0 Å².